The number of esters is 1. The third-order valence-electron chi connectivity index (χ3n) is 4.02. The summed E-state index contributed by atoms with van der Waals surface area (Å²) in [4.78, 5) is 23.6. The number of rotatable bonds is 7. The third-order valence-corrected chi connectivity index (χ3v) is 5.93. The lowest BCUT2D eigenvalue weighted by molar-refractivity contribution is -0.142. The maximum absolute atomic E-state index is 12.6. The highest BCUT2D eigenvalue weighted by Gasteiger charge is 2.26. The predicted octanol–water partition coefficient (Wildman–Crippen LogP) is 1.50. The topological polar surface area (TPSA) is 115 Å². The fourth-order valence-corrected chi connectivity index (χ4v) is 3.97. The molecule has 0 saturated carbocycles. The molecule has 1 N–H and O–H groups in total. The zero-order valence-electron chi connectivity index (χ0n) is 15.4. The summed E-state index contributed by atoms with van der Waals surface area (Å²) in [6, 6.07) is 9.13. The number of amides is 1. The standard InChI is InChI=1S/C19H20N2O7S/c22-18(14-28-19(23)8-5-16-2-1-11-27-16)20-15-3-6-17(7-4-15)29(24,25)21-9-12-26-13-10-21/h1-8,11H,9-10,12-14H2,(H,20,22). The van der Waals surface area contributed by atoms with Crippen LogP contribution in [0.5, 0.6) is 0 Å². The monoisotopic (exact) mass is 420 g/mol. The van der Waals surface area contributed by atoms with Gasteiger partial charge in [-0.3, -0.25) is 4.79 Å². The van der Waals surface area contributed by atoms with Crippen LogP contribution in [0.25, 0.3) is 6.08 Å². The molecule has 0 spiro atoms. The van der Waals surface area contributed by atoms with E-state index in [1.807, 2.05) is 0 Å². The van der Waals surface area contributed by atoms with E-state index in [1.165, 1.54) is 40.9 Å². The van der Waals surface area contributed by atoms with Crippen molar-refractivity contribution in [3.63, 3.8) is 0 Å². The van der Waals surface area contributed by atoms with Crippen LogP contribution in [0, 0.1) is 0 Å². The second-order valence-corrected chi connectivity index (χ2v) is 7.98. The Morgan fingerprint density at radius 2 is 1.86 bits per heavy atom. The molecule has 29 heavy (non-hydrogen) atoms. The second kappa shape index (κ2) is 9.50. The highest BCUT2D eigenvalue weighted by molar-refractivity contribution is 7.89. The Bertz CT molecular complexity index is 960. The molecule has 1 aromatic carbocycles. The summed E-state index contributed by atoms with van der Waals surface area (Å²) in [6.45, 7) is 0.863. The number of hydrogen-bond donors (Lipinski definition) is 1. The molecule has 3 rings (SSSR count). The molecule has 1 saturated heterocycles. The first-order valence-electron chi connectivity index (χ1n) is 8.81. The average Bonchev–Trinajstić information content (AvgIpc) is 3.25. The van der Waals surface area contributed by atoms with Crippen LogP contribution in [0.3, 0.4) is 0 Å². The number of benzene rings is 1. The Hall–Kier alpha value is -2.95. The third kappa shape index (κ3) is 5.76. The Balaban J connectivity index is 1.50. The SMILES string of the molecule is O=C(COC(=O)C=Cc1ccco1)Nc1ccc(S(=O)(=O)N2CCOCC2)cc1. The molecule has 2 heterocycles. The molecule has 1 aliphatic heterocycles. The Labute approximate surface area is 167 Å². The van der Waals surface area contributed by atoms with E-state index in [0.29, 0.717) is 37.8 Å². The fraction of sp³-hybridized carbons (Fsp3) is 0.263. The highest BCUT2D eigenvalue weighted by Crippen LogP contribution is 2.19. The fourth-order valence-electron chi connectivity index (χ4n) is 2.56. The number of nitrogens with one attached hydrogen (secondary N) is 1. The lowest BCUT2D eigenvalue weighted by Crippen LogP contribution is -2.40. The van der Waals surface area contributed by atoms with E-state index in [2.05, 4.69) is 5.32 Å². The summed E-state index contributed by atoms with van der Waals surface area (Å²) in [5.41, 5.74) is 0.387. The van der Waals surface area contributed by atoms with Crippen LogP contribution in [0.15, 0.2) is 58.1 Å². The maximum Gasteiger partial charge on any atom is 0.331 e. The highest BCUT2D eigenvalue weighted by atomic mass is 32.2. The van der Waals surface area contributed by atoms with Gasteiger partial charge in [0.15, 0.2) is 6.61 Å². The summed E-state index contributed by atoms with van der Waals surface area (Å²) in [5, 5.41) is 2.54. The van der Waals surface area contributed by atoms with Crippen molar-refractivity contribution in [3.8, 4) is 0 Å². The zero-order valence-corrected chi connectivity index (χ0v) is 16.3. The number of carbonyl (C=O) groups is 2. The van der Waals surface area contributed by atoms with Crippen LogP contribution in [-0.2, 0) is 29.1 Å². The summed E-state index contributed by atoms with van der Waals surface area (Å²) < 4.78 is 41.5. The number of sulfonamides is 1. The van der Waals surface area contributed by atoms with Crippen LogP contribution in [0.4, 0.5) is 5.69 Å². The molecular formula is C19H20N2O7S. The van der Waals surface area contributed by atoms with E-state index < -0.39 is 28.5 Å². The van der Waals surface area contributed by atoms with Gasteiger partial charge in [-0.1, -0.05) is 0 Å². The van der Waals surface area contributed by atoms with Crippen LogP contribution in [0.1, 0.15) is 5.76 Å². The molecule has 0 atom stereocenters. The summed E-state index contributed by atoms with van der Waals surface area (Å²) in [7, 11) is -3.60. The van der Waals surface area contributed by atoms with Gasteiger partial charge in [0.2, 0.25) is 10.0 Å². The van der Waals surface area contributed by atoms with Gasteiger partial charge >= 0.3 is 5.97 Å². The van der Waals surface area contributed by atoms with Gasteiger partial charge in [0.1, 0.15) is 5.76 Å². The van der Waals surface area contributed by atoms with E-state index >= 15 is 0 Å². The van der Waals surface area contributed by atoms with E-state index in [9.17, 15) is 18.0 Å². The van der Waals surface area contributed by atoms with Crippen LogP contribution >= 0.6 is 0 Å². The first kappa shape index (κ1) is 20.8. The van der Waals surface area contributed by atoms with Gasteiger partial charge in [0.05, 0.1) is 24.4 Å². The largest absolute Gasteiger partial charge is 0.465 e. The van der Waals surface area contributed by atoms with Crippen LogP contribution in [-0.4, -0.2) is 57.5 Å². The molecule has 1 aliphatic rings. The summed E-state index contributed by atoms with van der Waals surface area (Å²) in [6.07, 6.45) is 4.04. The van der Waals surface area contributed by atoms with E-state index in [4.69, 9.17) is 13.9 Å². The van der Waals surface area contributed by atoms with E-state index in [1.54, 1.807) is 12.1 Å². The van der Waals surface area contributed by atoms with Crippen molar-refractivity contribution in [2.75, 3.05) is 38.2 Å². The van der Waals surface area contributed by atoms with Gasteiger partial charge in [0, 0.05) is 24.9 Å². The lowest BCUT2D eigenvalue weighted by atomic mass is 10.3. The minimum absolute atomic E-state index is 0.131. The average molecular weight is 420 g/mol. The molecule has 0 unspecified atom stereocenters. The smallest absolute Gasteiger partial charge is 0.331 e. The zero-order chi connectivity index (χ0) is 20.7. The first-order chi connectivity index (χ1) is 13.9. The second-order valence-electron chi connectivity index (χ2n) is 6.05. The molecule has 0 bridgehead atoms. The molecule has 1 aromatic heterocycles. The van der Waals surface area contributed by atoms with Gasteiger partial charge in [-0.25, -0.2) is 13.2 Å². The van der Waals surface area contributed by atoms with Gasteiger partial charge in [-0.05, 0) is 42.5 Å². The quantitative estimate of drug-likeness (QED) is 0.533. The van der Waals surface area contributed by atoms with Gasteiger partial charge in [-0.2, -0.15) is 4.31 Å². The number of morpholine rings is 1. The van der Waals surface area contributed by atoms with Crippen LogP contribution in [0.2, 0.25) is 0 Å². The number of anilines is 1. The number of hydrogen-bond acceptors (Lipinski definition) is 7. The number of ether oxygens (including phenoxy) is 2. The van der Waals surface area contributed by atoms with Crippen molar-refractivity contribution in [1.82, 2.24) is 4.31 Å². The molecule has 1 amide bonds. The van der Waals surface area contributed by atoms with E-state index in [-0.39, 0.29) is 4.90 Å². The van der Waals surface area contributed by atoms with Crippen molar-refractivity contribution in [2.45, 2.75) is 4.90 Å². The minimum atomic E-state index is -3.60. The van der Waals surface area contributed by atoms with Crippen molar-refractivity contribution in [1.29, 1.82) is 0 Å². The molecule has 9 nitrogen and oxygen atoms in total. The number of nitrogens with zero attached hydrogens (tertiary/aromatic N) is 1. The molecule has 0 aliphatic carbocycles. The number of carbonyl (C=O) groups excluding carboxylic acids is 2. The molecular weight excluding hydrogens is 400 g/mol. The molecule has 10 heteroatoms. The summed E-state index contributed by atoms with van der Waals surface area (Å²) in [5.74, 6) is -0.754. The summed E-state index contributed by atoms with van der Waals surface area (Å²) >= 11 is 0. The molecule has 0 radical (unpaired) electrons. The van der Waals surface area contributed by atoms with Gasteiger partial charge in [-0.15, -0.1) is 0 Å². The molecule has 154 valence electrons. The molecule has 1 fully saturated rings. The normalized spacial score (nSPS) is 15.3. The Morgan fingerprint density at radius 3 is 2.52 bits per heavy atom. The Kier molecular flexibility index (Phi) is 6.81. The van der Waals surface area contributed by atoms with E-state index in [0.717, 1.165) is 6.08 Å². The first-order valence-corrected chi connectivity index (χ1v) is 10.3. The lowest BCUT2D eigenvalue weighted by Gasteiger charge is -2.26. The van der Waals surface area contributed by atoms with Crippen molar-refractivity contribution in [2.24, 2.45) is 0 Å². The van der Waals surface area contributed by atoms with Crippen molar-refractivity contribution >= 4 is 33.7 Å². The van der Waals surface area contributed by atoms with Crippen molar-refractivity contribution in [3.05, 3.63) is 54.5 Å². The van der Waals surface area contributed by atoms with Crippen LogP contribution < -0.4 is 5.32 Å². The van der Waals surface area contributed by atoms with Gasteiger partial charge < -0.3 is 19.2 Å². The predicted molar refractivity (Wildman–Crippen MR) is 103 cm³/mol. The maximum atomic E-state index is 12.6. The number of furan rings is 1. The molecule has 2 aromatic rings. The van der Waals surface area contributed by atoms with Crippen molar-refractivity contribution < 1.29 is 31.9 Å². The van der Waals surface area contributed by atoms with Gasteiger partial charge in [0.25, 0.3) is 5.91 Å². The minimum Gasteiger partial charge on any atom is -0.465 e. The Morgan fingerprint density at radius 1 is 1.14 bits per heavy atom.